The fourth-order valence-corrected chi connectivity index (χ4v) is 2.55. The highest BCUT2D eigenvalue weighted by Crippen LogP contribution is 2.24. The minimum absolute atomic E-state index is 0.0561. The van der Waals surface area contributed by atoms with Crippen LogP contribution in [0.5, 0.6) is 0 Å². The van der Waals surface area contributed by atoms with Gasteiger partial charge in [0.2, 0.25) is 0 Å². The Morgan fingerprint density at radius 3 is 2.52 bits per heavy atom. The van der Waals surface area contributed by atoms with Crippen molar-refractivity contribution in [1.29, 1.82) is 0 Å². The molecule has 1 fully saturated rings. The average molecular weight is 300 g/mol. The van der Waals surface area contributed by atoms with E-state index in [1.807, 2.05) is 27.7 Å². The topological polar surface area (TPSA) is 87.7 Å². The summed E-state index contributed by atoms with van der Waals surface area (Å²) in [6, 6.07) is -0.406. The van der Waals surface area contributed by atoms with Gasteiger partial charge in [-0.05, 0) is 31.6 Å². The molecule has 1 saturated heterocycles. The van der Waals surface area contributed by atoms with Gasteiger partial charge in [-0.2, -0.15) is 0 Å². The van der Waals surface area contributed by atoms with Gasteiger partial charge >= 0.3 is 12.0 Å². The van der Waals surface area contributed by atoms with Crippen molar-refractivity contribution in [3.05, 3.63) is 0 Å². The fraction of sp³-hybridized carbons (Fsp3) is 0.867. The van der Waals surface area contributed by atoms with E-state index in [9.17, 15) is 14.7 Å². The summed E-state index contributed by atoms with van der Waals surface area (Å²) >= 11 is 0. The summed E-state index contributed by atoms with van der Waals surface area (Å²) < 4.78 is 5.51. The molecule has 122 valence electrons. The van der Waals surface area contributed by atoms with Crippen molar-refractivity contribution in [1.82, 2.24) is 10.6 Å². The first-order valence-corrected chi connectivity index (χ1v) is 7.58. The molecule has 2 amide bonds. The van der Waals surface area contributed by atoms with E-state index in [2.05, 4.69) is 10.6 Å². The Hall–Kier alpha value is -1.30. The molecular formula is C15H28N2O4. The van der Waals surface area contributed by atoms with Gasteiger partial charge < -0.3 is 20.5 Å². The molecule has 0 bridgehead atoms. The van der Waals surface area contributed by atoms with Gasteiger partial charge in [0.1, 0.15) is 0 Å². The number of rotatable bonds is 6. The normalized spacial score (nSPS) is 21.6. The number of urea groups is 1. The molecule has 0 spiro atoms. The highest BCUT2D eigenvalue weighted by Gasteiger charge is 2.26. The van der Waals surface area contributed by atoms with Gasteiger partial charge in [0.15, 0.2) is 0 Å². The van der Waals surface area contributed by atoms with Crippen molar-refractivity contribution in [2.24, 2.45) is 11.3 Å². The molecule has 1 rings (SSSR count). The third-order valence-corrected chi connectivity index (χ3v) is 3.60. The molecule has 0 aromatic rings. The number of carboxylic acids is 1. The standard InChI is InChI=1S/C15H28N2O4/c1-10(12-6-5-7-21-12)17-14(20)16-9-11(13(18)19)8-15(2,3)4/h10-12H,5-9H2,1-4H3,(H,18,19)(H2,16,17,20). The molecule has 3 N–H and O–H groups in total. The van der Waals surface area contributed by atoms with Crippen molar-refractivity contribution >= 4 is 12.0 Å². The third kappa shape index (κ3) is 6.80. The Balaban J connectivity index is 2.37. The molecule has 3 atom stereocenters. The quantitative estimate of drug-likeness (QED) is 0.700. The molecule has 0 aromatic carbocycles. The Bertz CT molecular complexity index is 359. The van der Waals surface area contributed by atoms with Gasteiger partial charge in [-0.3, -0.25) is 4.79 Å². The molecule has 6 nitrogen and oxygen atoms in total. The molecule has 6 heteroatoms. The van der Waals surface area contributed by atoms with E-state index in [1.165, 1.54) is 0 Å². The van der Waals surface area contributed by atoms with E-state index in [1.54, 1.807) is 0 Å². The smallest absolute Gasteiger partial charge is 0.315 e. The van der Waals surface area contributed by atoms with Crippen LogP contribution in [0.1, 0.15) is 47.0 Å². The molecule has 0 aliphatic carbocycles. The first-order chi connectivity index (χ1) is 9.69. The zero-order valence-corrected chi connectivity index (χ0v) is 13.4. The number of hydrogen-bond acceptors (Lipinski definition) is 3. The van der Waals surface area contributed by atoms with Gasteiger partial charge in [-0.1, -0.05) is 20.8 Å². The van der Waals surface area contributed by atoms with Crippen LogP contribution < -0.4 is 10.6 Å². The molecule has 1 heterocycles. The Kier molecular flexibility index (Phi) is 6.45. The van der Waals surface area contributed by atoms with Gasteiger partial charge in [0.05, 0.1) is 18.1 Å². The SMILES string of the molecule is CC(NC(=O)NCC(CC(C)(C)C)C(=O)O)C1CCCO1. The molecule has 0 aromatic heterocycles. The number of carboxylic acid groups (broad SMARTS) is 1. The van der Waals surface area contributed by atoms with Gasteiger partial charge in [-0.15, -0.1) is 0 Å². The Labute approximate surface area is 126 Å². The average Bonchev–Trinajstić information content (AvgIpc) is 2.86. The van der Waals surface area contributed by atoms with E-state index in [-0.39, 0.29) is 30.1 Å². The maximum absolute atomic E-state index is 11.8. The summed E-state index contributed by atoms with van der Waals surface area (Å²) in [7, 11) is 0. The van der Waals surface area contributed by atoms with Gasteiger partial charge in [0, 0.05) is 13.2 Å². The van der Waals surface area contributed by atoms with Crippen LogP contribution >= 0.6 is 0 Å². The van der Waals surface area contributed by atoms with E-state index in [4.69, 9.17) is 4.74 Å². The Morgan fingerprint density at radius 1 is 1.38 bits per heavy atom. The van der Waals surface area contributed by atoms with E-state index in [0.717, 1.165) is 19.4 Å². The number of aliphatic carboxylic acids is 1. The number of ether oxygens (including phenoxy) is 1. The van der Waals surface area contributed by atoms with Crippen LogP contribution in [0.25, 0.3) is 0 Å². The van der Waals surface area contributed by atoms with Crippen LogP contribution in [0.15, 0.2) is 0 Å². The van der Waals surface area contributed by atoms with Crippen molar-refractivity contribution in [2.75, 3.05) is 13.2 Å². The monoisotopic (exact) mass is 300 g/mol. The maximum atomic E-state index is 11.8. The fourth-order valence-electron chi connectivity index (χ4n) is 2.55. The summed E-state index contributed by atoms with van der Waals surface area (Å²) in [5, 5.41) is 14.7. The molecule has 0 radical (unpaired) electrons. The lowest BCUT2D eigenvalue weighted by atomic mass is 9.84. The van der Waals surface area contributed by atoms with E-state index < -0.39 is 11.9 Å². The number of carbonyl (C=O) groups is 2. The van der Waals surface area contributed by atoms with Crippen LogP contribution in [0.4, 0.5) is 4.79 Å². The van der Waals surface area contributed by atoms with Crippen molar-refractivity contribution < 1.29 is 19.4 Å². The van der Waals surface area contributed by atoms with Crippen LogP contribution in [-0.4, -0.2) is 42.4 Å². The number of carbonyl (C=O) groups excluding carboxylic acids is 1. The molecule has 21 heavy (non-hydrogen) atoms. The first kappa shape index (κ1) is 17.8. The van der Waals surface area contributed by atoms with E-state index >= 15 is 0 Å². The van der Waals surface area contributed by atoms with Gasteiger partial charge in [0.25, 0.3) is 0 Å². The molecule has 0 saturated carbocycles. The second kappa shape index (κ2) is 7.64. The molecule has 1 aliphatic rings. The Morgan fingerprint density at radius 2 is 2.05 bits per heavy atom. The number of hydrogen-bond donors (Lipinski definition) is 3. The van der Waals surface area contributed by atoms with Crippen molar-refractivity contribution in [3.8, 4) is 0 Å². The van der Waals surface area contributed by atoms with Crippen LogP contribution in [0, 0.1) is 11.3 Å². The number of amides is 2. The van der Waals surface area contributed by atoms with Gasteiger partial charge in [-0.25, -0.2) is 4.79 Å². The lowest BCUT2D eigenvalue weighted by Gasteiger charge is -2.24. The zero-order valence-electron chi connectivity index (χ0n) is 13.4. The molecule has 1 aliphatic heterocycles. The third-order valence-electron chi connectivity index (χ3n) is 3.60. The zero-order chi connectivity index (χ0) is 16.0. The molecular weight excluding hydrogens is 272 g/mol. The summed E-state index contributed by atoms with van der Waals surface area (Å²) in [5.74, 6) is -1.45. The largest absolute Gasteiger partial charge is 0.481 e. The minimum Gasteiger partial charge on any atom is -0.481 e. The van der Waals surface area contributed by atoms with Crippen LogP contribution in [-0.2, 0) is 9.53 Å². The van der Waals surface area contributed by atoms with Crippen molar-refractivity contribution in [2.45, 2.75) is 59.1 Å². The summed E-state index contributed by atoms with van der Waals surface area (Å²) in [5.41, 5.74) is -0.0911. The summed E-state index contributed by atoms with van der Waals surface area (Å²) in [6.07, 6.45) is 2.54. The molecule has 3 unspecified atom stereocenters. The van der Waals surface area contributed by atoms with Crippen molar-refractivity contribution in [3.63, 3.8) is 0 Å². The second-order valence-corrected chi connectivity index (χ2v) is 6.99. The second-order valence-electron chi connectivity index (χ2n) is 6.99. The minimum atomic E-state index is -0.877. The lowest BCUT2D eigenvalue weighted by molar-refractivity contribution is -0.142. The summed E-state index contributed by atoms with van der Waals surface area (Å²) in [4.78, 5) is 23.1. The predicted octanol–water partition coefficient (Wildman–Crippen LogP) is 1.99. The van der Waals surface area contributed by atoms with Crippen LogP contribution in [0.2, 0.25) is 0 Å². The predicted molar refractivity (Wildman–Crippen MR) is 80.2 cm³/mol. The highest BCUT2D eigenvalue weighted by atomic mass is 16.5. The number of nitrogens with one attached hydrogen (secondary N) is 2. The highest BCUT2D eigenvalue weighted by molar-refractivity contribution is 5.76. The van der Waals surface area contributed by atoms with Crippen LogP contribution in [0.3, 0.4) is 0 Å². The van der Waals surface area contributed by atoms with E-state index in [0.29, 0.717) is 6.42 Å². The first-order valence-electron chi connectivity index (χ1n) is 7.58. The maximum Gasteiger partial charge on any atom is 0.315 e. The summed E-state index contributed by atoms with van der Waals surface area (Å²) in [6.45, 7) is 8.74. The lowest BCUT2D eigenvalue weighted by Crippen LogP contribution is -2.47.